The molecule has 0 saturated carbocycles. The van der Waals surface area contributed by atoms with Gasteiger partial charge in [-0.05, 0) is 42.8 Å². The Morgan fingerprint density at radius 1 is 1.21 bits per heavy atom. The molecule has 0 saturated heterocycles. The van der Waals surface area contributed by atoms with Gasteiger partial charge in [-0.15, -0.1) is 11.3 Å². The minimum Gasteiger partial charge on any atom is -0.487 e. The van der Waals surface area contributed by atoms with Crippen molar-refractivity contribution in [3.05, 3.63) is 76.2 Å². The molecule has 1 N–H and O–H groups in total. The van der Waals surface area contributed by atoms with Gasteiger partial charge in [0.1, 0.15) is 12.4 Å². The lowest BCUT2D eigenvalue weighted by atomic mass is 10.1. The number of benzene rings is 2. The van der Waals surface area contributed by atoms with Crippen LogP contribution >= 0.6 is 11.3 Å². The maximum Gasteiger partial charge on any atom is 0.251 e. The third-order valence-electron chi connectivity index (χ3n) is 4.12. The number of carbonyl (C=O) groups excluding carboxylic acids is 1. The number of hydrogen-bond donors (Lipinski definition) is 1. The number of hydrogen-bond acceptors (Lipinski definition) is 6. The molecule has 8 heteroatoms. The normalized spacial score (nSPS) is 12.4. The molecule has 0 bridgehead atoms. The number of ether oxygens (including phenoxy) is 1. The van der Waals surface area contributed by atoms with Crippen LogP contribution in [0.5, 0.6) is 5.75 Å². The zero-order valence-electron chi connectivity index (χ0n) is 15.5. The van der Waals surface area contributed by atoms with Gasteiger partial charge in [-0.2, -0.15) is 0 Å². The monoisotopic (exact) mass is 416 g/mol. The third kappa shape index (κ3) is 5.17. The fraction of sp³-hybridized carbons (Fsp3) is 0.200. The second-order valence-electron chi connectivity index (χ2n) is 6.33. The maximum absolute atomic E-state index is 12.6. The Morgan fingerprint density at radius 2 is 1.96 bits per heavy atom. The van der Waals surface area contributed by atoms with E-state index in [0.717, 1.165) is 17.5 Å². The molecule has 1 amide bonds. The van der Waals surface area contributed by atoms with E-state index in [1.54, 1.807) is 54.0 Å². The summed E-state index contributed by atoms with van der Waals surface area (Å²) in [5.41, 5.74) is 3.88. The van der Waals surface area contributed by atoms with Gasteiger partial charge in [0, 0.05) is 17.2 Å². The highest BCUT2D eigenvalue weighted by molar-refractivity contribution is 7.90. The molecule has 0 aliphatic carbocycles. The predicted molar refractivity (Wildman–Crippen MR) is 108 cm³/mol. The average molecular weight is 417 g/mol. The van der Waals surface area contributed by atoms with E-state index in [-0.39, 0.29) is 16.8 Å². The molecule has 1 heterocycles. The van der Waals surface area contributed by atoms with Gasteiger partial charge in [0.05, 0.1) is 22.1 Å². The number of amides is 1. The Hall–Kier alpha value is -2.71. The van der Waals surface area contributed by atoms with Crippen molar-refractivity contribution in [3.63, 3.8) is 0 Å². The van der Waals surface area contributed by atoms with Crippen molar-refractivity contribution in [3.8, 4) is 5.75 Å². The number of carbonyl (C=O) groups is 1. The standard InChI is InChI=1S/C20H20N2O4S2/c1-14(15-6-8-19(9-7-15)28(2,24)25)22-20(23)16-4-3-5-18(10-16)26-11-17-12-27-13-21-17/h3-10,12-14H,11H2,1-2H3,(H,22,23)/t14-/m1/s1. The van der Waals surface area contributed by atoms with E-state index >= 15 is 0 Å². The predicted octanol–water partition coefficient (Wildman–Crippen LogP) is 3.62. The van der Waals surface area contributed by atoms with Crippen LogP contribution in [-0.2, 0) is 16.4 Å². The van der Waals surface area contributed by atoms with E-state index in [2.05, 4.69) is 10.3 Å². The molecule has 0 radical (unpaired) electrons. The van der Waals surface area contributed by atoms with Crippen molar-refractivity contribution in [2.75, 3.05) is 6.26 Å². The van der Waals surface area contributed by atoms with Crippen molar-refractivity contribution >= 4 is 27.1 Å². The van der Waals surface area contributed by atoms with Crippen molar-refractivity contribution in [1.82, 2.24) is 10.3 Å². The van der Waals surface area contributed by atoms with E-state index in [1.165, 1.54) is 11.3 Å². The Bertz CT molecular complexity index is 1050. The molecule has 2 aromatic carbocycles. The highest BCUT2D eigenvalue weighted by Crippen LogP contribution is 2.19. The SMILES string of the molecule is C[C@@H](NC(=O)c1cccc(OCc2cscn2)c1)c1ccc(S(C)(=O)=O)cc1. The van der Waals surface area contributed by atoms with E-state index in [4.69, 9.17) is 4.74 Å². The summed E-state index contributed by atoms with van der Waals surface area (Å²) in [5.74, 6) is 0.351. The summed E-state index contributed by atoms with van der Waals surface area (Å²) in [6.07, 6.45) is 1.16. The Labute approximate surface area is 168 Å². The van der Waals surface area contributed by atoms with Crippen LogP contribution in [0.2, 0.25) is 0 Å². The van der Waals surface area contributed by atoms with Gasteiger partial charge in [-0.25, -0.2) is 13.4 Å². The summed E-state index contributed by atoms with van der Waals surface area (Å²) in [4.78, 5) is 17.0. The van der Waals surface area contributed by atoms with Crippen LogP contribution in [0.4, 0.5) is 0 Å². The third-order valence-corrected chi connectivity index (χ3v) is 5.89. The molecule has 28 heavy (non-hydrogen) atoms. The summed E-state index contributed by atoms with van der Waals surface area (Å²) in [6, 6.07) is 13.2. The molecule has 0 unspecified atom stereocenters. The number of nitrogens with zero attached hydrogens (tertiary/aromatic N) is 1. The summed E-state index contributed by atoms with van der Waals surface area (Å²) < 4.78 is 28.8. The van der Waals surface area contributed by atoms with Crippen LogP contribution < -0.4 is 10.1 Å². The first-order chi connectivity index (χ1) is 13.3. The molecule has 1 aromatic heterocycles. The molecule has 3 rings (SSSR count). The maximum atomic E-state index is 12.6. The van der Waals surface area contributed by atoms with Gasteiger partial charge in [0.15, 0.2) is 9.84 Å². The lowest BCUT2D eigenvalue weighted by molar-refractivity contribution is 0.0939. The zero-order valence-corrected chi connectivity index (χ0v) is 17.1. The lowest BCUT2D eigenvalue weighted by Crippen LogP contribution is -2.26. The number of sulfone groups is 1. The Balaban J connectivity index is 1.64. The van der Waals surface area contributed by atoms with Crippen LogP contribution in [0.25, 0.3) is 0 Å². The van der Waals surface area contributed by atoms with Gasteiger partial charge in [-0.1, -0.05) is 18.2 Å². The molecule has 6 nitrogen and oxygen atoms in total. The van der Waals surface area contributed by atoms with E-state index in [1.807, 2.05) is 12.3 Å². The smallest absolute Gasteiger partial charge is 0.251 e. The van der Waals surface area contributed by atoms with Crippen LogP contribution in [0, 0.1) is 0 Å². The lowest BCUT2D eigenvalue weighted by Gasteiger charge is -2.15. The van der Waals surface area contributed by atoms with Crippen molar-refractivity contribution in [2.45, 2.75) is 24.5 Å². The number of nitrogens with one attached hydrogen (secondary N) is 1. The first-order valence-electron chi connectivity index (χ1n) is 8.54. The number of thiazole rings is 1. The van der Waals surface area contributed by atoms with Crippen molar-refractivity contribution in [1.29, 1.82) is 0 Å². The Morgan fingerprint density at radius 3 is 2.61 bits per heavy atom. The molecule has 1 atom stereocenters. The molecule has 0 aliphatic heterocycles. The number of rotatable bonds is 7. The van der Waals surface area contributed by atoms with Crippen LogP contribution in [0.1, 0.15) is 34.6 Å². The first-order valence-corrected chi connectivity index (χ1v) is 11.4. The molecular weight excluding hydrogens is 396 g/mol. The highest BCUT2D eigenvalue weighted by atomic mass is 32.2. The highest BCUT2D eigenvalue weighted by Gasteiger charge is 2.14. The van der Waals surface area contributed by atoms with Crippen molar-refractivity contribution < 1.29 is 17.9 Å². The number of aromatic nitrogens is 1. The van der Waals surface area contributed by atoms with Gasteiger partial charge in [-0.3, -0.25) is 4.79 Å². The largest absolute Gasteiger partial charge is 0.487 e. The fourth-order valence-corrected chi connectivity index (χ4v) is 3.73. The molecule has 3 aromatic rings. The quantitative estimate of drug-likeness (QED) is 0.636. The van der Waals surface area contributed by atoms with Crippen molar-refractivity contribution in [2.24, 2.45) is 0 Å². The zero-order chi connectivity index (χ0) is 20.1. The summed E-state index contributed by atoms with van der Waals surface area (Å²) in [7, 11) is -3.24. The van der Waals surface area contributed by atoms with Crippen LogP contribution in [0.3, 0.4) is 0 Å². The minimum absolute atomic E-state index is 0.237. The van der Waals surface area contributed by atoms with E-state index < -0.39 is 9.84 Å². The van der Waals surface area contributed by atoms with E-state index in [9.17, 15) is 13.2 Å². The van der Waals surface area contributed by atoms with Gasteiger partial charge in [0.25, 0.3) is 5.91 Å². The van der Waals surface area contributed by atoms with Gasteiger partial charge >= 0.3 is 0 Å². The summed E-state index contributed by atoms with van der Waals surface area (Å²) in [5, 5.41) is 4.82. The molecule has 146 valence electrons. The average Bonchev–Trinajstić information content (AvgIpc) is 3.19. The molecule has 0 spiro atoms. The van der Waals surface area contributed by atoms with Crippen LogP contribution in [-0.4, -0.2) is 25.6 Å². The topological polar surface area (TPSA) is 85.4 Å². The Kier molecular flexibility index (Phi) is 6.11. The molecule has 0 aliphatic rings. The summed E-state index contributed by atoms with van der Waals surface area (Å²) in [6.45, 7) is 2.19. The minimum atomic E-state index is -3.24. The van der Waals surface area contributed by atoms with Gasteiger partial charge < -0.3 is 10.1 Å². The second kappa shape index (κ2) is 8.53. The first kappa shape index (κ1) is 20.0. The molecular formula is C20H20N2O4S2. The summed E-state index contributed by atoms with van der Waals surface area (Å²) >= 11 is 1.50. The fourth-order valence-electron chi connectivity index (χ4n) is 2.56. The molecule has 0 fully saturated rings. The second-order valence-corrected chi connectivity index (χ2v) is 9.07. The van der Waals surface area contributed by atoms with Gasteiger partial charge in [0.2, 0.25) is 0 Å². The van der Waals surface area contributed by atoms with Crippen LogP contribution in [0.15, 0.2) is 64.3 Å². The van der Waals surface area contributed by atoms with E-state index in [0.29, 0.717) is 17.9 Å².